The number of nitrogens with one attached hydrogen (secondary N) is 1. The molecule has 1 amide bonds. The van der Waals surface area contributed by atoms with Gasteiger partial charge in [-0.05, 0) is 77.9 Å². The lowest BCUT2D eigenvalue weighted by atomic mass is 9.91. The Kier molecular flexibility index (Phi) is 8.90. The molecular formula is C36H35FN2O6. The molecule has 0 unspecified atom stereocenters. The fourth-order valence-electron chi connectivity index (χ4n) is 6.04. The zero-order valence-corrected chi connectivity index (χ0v) is 26.1. The number of hydrogen-bond donors (Lipinski definition) is 2. The second kappa shape index (κ2) is 12.8. The van der Waals surface area contributed by atoms with Crippen LogP contribution in [0.25, 0.3) is 33.0 Å². The average Bonchev–Trinajstić information content (AvgIpc) is 3.36. The zero-order chi connectivity index (χ0) is 32.4. The number of nitrogens with zero attached hydrogens (tertiary/aromatic N) is 1. The lowest BCUT2D eigenvalue weighted by Gasteiger charge is -2.20. The molecule has 5 aromatic rings. The fraction of sp³-hybridized carbons (Fsp3) is 0.250. The summed E-state index contributed by atoms with van der Waals surface area (Å²) in [6.07, 6.45) is 0.738. The van der Waals surface area contributed by atoms with E-state index in [9.17, 15) is 14.7 Å². The quantitative estimate of drug-likeness (QED) is 0.172. The van der Waals surface area contributed by atoms with E-state index in [1.165, 1.54) is 6.07 Å². The molecule has 1 heterocycles. The third-order valence-corrected chi connectivity index (χ3v) is 8.15. The second-order valence-corrected chi connectivity index (χ2v) is 10.9. The maximum atomic E-state index is 15.4. The van der Waals surface area contributed by atoms with E-state index in [0.29, 0.717) is 45.2 Å². The molecule has 8 nitrogen and oxygen atoms in total. The van der Waals surface area contributed by atoms with E-state index in [2.05, 4.69) is 17.4 Å². The maximum Gasteiger partial charge on any atom is 0.326 e. The Bertz CT molecular complexity index is 1890. The first-order chi connectivity index (χ1) is 21.6. The minimum atomic E-state index is -1.32. The molecule has 0 fully saturated rings. The van der Waals surface area contributed by atoms with Crippen molar-refractivity contribution >= 4 is 22.6 Å². The number of ether oxygens (including phenoxy) is 2. The number of aromatic nitrogens is 1. The van der Waals surface area contributed by atoms with Crippen molar-refractivity contribution in [1.29, 1.82) is 0 Å². The van der Waals surface area contributed by atoms with Gasteiger partial charge in [0.2, 0.25) is 0 Å². The molecule has 0 aliphatic rings. The third kappa shape index (κ3) is 5.85. The summed E-state index contributed by atoms with van der Waals surface area (Å²) in [6.45, 7) is 7.14. The maximum absolute atomic E-state index is 15.4. The van der Waals surface area contributed by atoms with Gasteiger partial charge >= 0.3 is 5.97 Å². The number of methoxy groups -OCH3 is 2. The Morgan fingerprint density at radius 1 is 0.956 bits per heavy atom. The lowest BCUT2D eigenvalue weighted by Crippen LogP contribution is -2.42. The van der Waals surface area contributed by atoms with E-state index in [1.54, 1.807) is 41.1 Å². The molecule has 1 atom stereocenters. The number of carboxylic acids is 1. The lowest BCUT2D eigenvalue weighted by molar-refractivity contribution is -0.139. The smallest absolute Gasteiger partial charge is 0.326 e. The van der Waals surface area contributed by atoms with E-state index in [1.807, 2.05) is 48.5 Å². The number of aliphatic carboxylic acids is 1. The number of aryl methyl sites for hydroxylation is 4. The van der Waals surface area contributed by atoms with Gasteiger partial charge < -0.3 is 24.4 Å². The molecule has 0 saturated carbocycles. The van der Waals surface area contributed by atoms with Crippen LogP contribution in [-0.4, -0.2) is 42.4 Å². The SMILES string of the molecule is CCc1ccc(OC)c(-c2cccc3c(C[C@H](NC(=O)c4c(C)cc(-c5c(C)noc5C)cc4F)C(=O)O)cccc23)c1OC. The van der Waals surface area contributed by atoms with Gasteiger partial charge in [0.25, 0.3) is 5.91 Å². The van der Waals surface area contributed by atoms with Crippen molar-refractivity contribution in [3.63, 3.8) is 0 Å². The van der Waals surface area contributed by atoms with E-state index in [0.717, 1.165) is 33.9 Å². The fourth-order valence-corrected chi connectivity index (χ4v) is 6.04. The molecule has 9 heteroatoms. The highest BCUT2D eigenvalue weighted by molar-refractivity contribution is 6.02. The molecule has 0 aliphatic carbocycles. The van der Waals surface area contributed by atoms with Crippen molar-refractivity contribution in [2.45, 2.75) is 46.6 Å². The Balaban J connectivity index is 1.50. The normalized spacial score (nSPS) is 11.8. The molecule has 0 bridgehead atoms. The van der Waals surface area contributed by atoms with Gasteiger partial charge in [0.15, 0.2) is 0 Å². The molecule has 5 rings (SSSR count). The second-order valence-electron chi connectivity index (χ2n) is 10.9. The van der Waals surface area contributed by atoms with Crippen LogP contribution in [0.15, 0.2) is 65.2 Å². The van der Waals surface area contributed by atoms with Gasteiger partial charge in [-0.3, -0.25) is 4.79 Å². The highest BCUT2D eigenvalue weighted by Crippen LogP contribution is 2.44. The minimum Gasteiger partial charge on any atom is -0.496 e. The van der Waals surface area contributed by atoms with Crippen LogP contribution in [0.2, 0.25) is 0 Å². The van der Waals surface area contributed by atoms with E-state index >= 15 is 4.39 Å². The number of amides is 1. The van der Waals surface area contributed by atoms with Crippen LogP contribution in [0.4, 0.5) is 4.39 Å². The summed E-state index contributed by atoms with van der Waals surface area (Å²) in [5.41, 5.74) is 5.32. The number of fused-ring (bicyclic) bond motifs is 1. The molecular weight excluding hydrogens is 575 g/mol. The molecule has 1 aromatic heterocycles. The molecule has 2 N–H and O–H groups in total. The van der Waals surface area contributed by atoms with Gasteiger partial charge in [0.05, 0.1) is 31.0 Å². The molecule has 0 radical (unpaired) electrons. The largest absolute Gasteiger partial charge is 0.496 e. The predicted octanol–water partition coefficient (Wildman–Crippen LogP) is 7.23. The van der Waals surface area contributed by atoms with Crippen LogP contribution in [0, 0.1) is 26.6 Å². The topological polar surface area (TPSA) is 111 Å². The first-order valence-corrected chi connectivity index (χ1v) is 14.6. The zero-order valence-electron chi connectivity index (χ0n) is 26.1. The summed E-state index contributed by atoms with van der Waals surface area (Å²) in [5, 5.41) is 18.3. The third-order valence-electron chi connectivity index (χ3n) is 8.15. The van der Waals surface area contributed by atoms with Crippen molar-refractivity contribution in [3.05, 3.63) is 100 Å². The van der Waals surface area contributed by atoms with Gasteiger partial charge in [0, 0.05) is 12.0 Å². The number of rotatable bonds is 10. The van der Waals surface area contributed by atoms with Gasteiger partial charge in [-0.15, -0.1) is 0 Å². The van der Waals surface area contributed by atoms with Crippen LogP contribution in [0.3, 0.4) is 0 Å². The summed E-state index contributed by atoms with van der Waals surface area (Å²) in [7, 11) is 3.23. The Hall–Kier alpha value is -5.18. The van der Waals surface area contributed by atoms with Crippen molar-refractivity contribution in [2.75, 3.05) is 14.2 Å². The monoisotopic (exact) mass is 610 g/mol. The molecule has 232 valence electrons. The number of benzene rings is 4. The summed E-state index contributed by atoms with van der Waals surface area (Å²) in [4.78, 5) is 25.8. The van der Waals surface area contributed by atoms with Crippen LogP contribution in [0.5, 0.6) is 11.5 Å². The number of carboxylic acid groups (broad SMARTS) is 1. The van der Waals surface area contributed by atoms with Crippen LogP contribution in [0.1, 0.15) is 45.4 Å². The highest BCUT2D eigenvalue weighted by Gasteiger charge is 2.26. The van der Waals surface area contributed by atoms with Crippen LogP contribution >= 0.6 is 0 Å². The first-order valence-electron chi connectivity index (χ1n) is 14.6. The van der Waals surface area contributed by atoms with Crippen LogP contribution < -0.4 is 14.8 Å². The minimum absolute atomic E-state index is 0.0248. The number of hydrogen-bond acceptors (Lipinski definition) is 6. The summed E-state index contributed by atoms with van der Waals surface area (Å²) < 4.78 is 32.2. The van der Waals surface area contributed by atoms with E-state index in [-0.39, 0.29) is 12.0 Å². The molecule has 45 heavy (non-hydrogen) atoms. The van der Waals surface area contributed by atoms with Crippen molar-refractivity contribution < 1.29 is 33.1 Å². The van der Waals surface area contributed by atoms with Gasteiger partial charge in [0.1, 0.15) is 29.1 Å². The van der Waals surface area contributed by atoms with Gasteiger partial charge in [-0.2, -0.15) is 0 Å². The van der Waals surface area contributed by atoms with Crippen LogP contribution in [-0.2, 0) is 17.6 Å². The molecule has 0 spiro atoms. The average molecular weight is 611 g/mol. The number of halogens is 1. The van der Waals surface area contributed by atoms with Crippen molar-refractivity contribution in [2.24, 2.45) is 0 Å². The number of carbonyl (C=O) groups is 2. The first kappa shape index (κ1) is 31.3. The summed E-state index contributed by atoms with van der Waals surface area (Å²) in [6, 6.07) is 16.9. The van der Waals surface area contributed by atoms with Crippen molar-refractivity contribution in [3.8, 4) is 33.8 Å². The molecule has 4 aromatic carbocycles. The molecule has 0 saturated heterocycles. The standard InChI is InChI=1S/C36H35FN2O6/c1-7-22-14-15-30(43-5)33(34(22)44-6)27-13-9-11-25-23(10-8-12-26(25)27)18-29(36(41)42)38-35(40)31-19(2)16-24(17-28(31)37)32-20(3)39-45-21(32)4/h8-17,29H,7,18H2,1-6H3,(H,38,40)(H,41,42)/t29-/m0/s1. The van der Waals surface area contributed by atoms with E-state index in [4.69, 9.17) is 14.0 Å². The van der Waals surface area contributed by atoms with Gasteiger partial charge in [-0.25, -0.2) is 9.18 Å². The van der Waals surface area contributed by atoms with Crippen molar-refractivity contribution in [1.82, 2.24) is 10.5 Å². The Morgan fingerprint density at radius 2 is 1.69 bits per heavy atom. The predicted molar refractivity (Wildman–Crippen MR) is 171 cm³/mol. The molecule has 0 aliphatic heterocycles. The summed E-state index contributed by atoms with van der Waals surface area (Å²) >= 11 is 0. The Morgan fingerprint density at radius 3 is 2.31 bits per heavy atom. The van der Waals surface area contributed by atoms with E-state index < -0.39 is 23.7 Å². The summed E-state index contributed by atoms with van der Waals surface area (Å²) in [5.74, 6) is -0.921. The van der Waals surface area contributed by atoms with Gasteiger partial charge in [-0.1, -0.05) is 60.6 Å². The Labute approximate surface area is 260 Å². The highest BCUT2D eigenvalue weighted by atomic mass is 19.1. The number of carbonyl (C=O) groups excluding carboxylic acids is 1.